The van der Waals surface area contributed by atoms with E-state index in [0.29, 0.717) is 6.42 Å². The highest BCUT2D eigenvalue weighted by molar-refractivity contribution is 7.47. The van der Waals surface area contributed by atoms with Crippen molar-refractivity contribution in [3.8, 4) is 0 Å². The molecule has 0 aliphatic rings. The van der Waals surface area contributed by atoms with E-state index in [1.54, 1.807) is 0 Å². The minimum absolute atomic E-state index is 0.0447. The second-order valence-corrected chi connectivity index (χ2v) is 26.6. The van der Waals surface area contributed by atoms with Gasteiger partial charge in [-0.3, -0.25) is 18.6 Å². The number of carbonyl (C=O) groups is 2. The first kappa shape index (κ1) is 91.8. The number of hydrogen-bond donors (Lipinski definition) is 2. The molecule has 0 fully saturated rings. The smallest absolute Gasteiger partial charge is 0.462 e. The lowest BCUT2D eigenvalue weighted by molar-refractivity contribution is -0.161. The molecule has 0 saturated carbocycles. The Bertz CT molecular complexity index is 2300. The quantitative estimate of drug-likeness (QED) is 0.0264. The molecule has 2 unspecified atom stereocenters. The Morgan fingerprint density at radius 2 is 0.536 bits per heavy atom. The van der Waals surface area contributed by atoms with E-state index in [0.717, 1.165) is 148 Å². The highest BCUT2D eigenvalue weighted by atomic mass is 31.2. The van der Waals surface area contributed by atoms with Crippen molar-refractivity contribution < 1.29 is 37.6 Å². The molecule has 0 rings (SSSR count). The number of nitrogens with two attached hydrogens (primary N) is 1. The maximum atomic E-state index is 12.8. The van der Waals surface area contributed by atoms with E-state index >= 15 is 0 Å². The first-order valence-electron chi connectivity index (χ1n) is 38.9. The van der Waals surface area contributed by atoms with Gasteiger partial charge in [-0.1, -0.05) is 350 Å². The molecule has 3 N–H and O–H groups in total. The van der Waals surface area contributed by atoms with Crippen molar-refractivity contribution in [1.82, 2.24) is 0 Å². The minimum Gasteiger partial charge on any atom is -0.462 e. The summed E-state index contributed by atoms with van der Waals surface area (Å²) in [5.41, 5.74) is 5.41. The summed E-state index contributed by atoms with van der Waals surface area (Å²) in [5, 5.41) is 0. The normalized spacial score (nSPS) is 14.0. The third-order valence-corrected chi connectivity index (χ3v) is 17.0. The van der Waals surface area contributed by atoms with Crippen LogP contribution in [-0.2, 0) is 32.7 Å². The molecule has 0 aliphatic heterocycles. The lowest BCUT2D eigenvalue weighted by Crippen LogP contribution is -2.29. The Hall–Kier alpha value is -5.15. The van der Waals surface area contributed by atoms with Gasteiger partial charge in [0.1, 0.15) is 6.61 Å². The van der Waals surface area contributed by atoms with Crippen molar-refractivity contribution in [2.45, 2.75) is 315 Å². The zero-order valence-electron chi connectivity index (χ0n) is 61.7. The Morgan fingerprint density at radius 3 is 0.794 bits per heavy atom. The van der Waals surface area contributed by atoms with Crippen LogP contribution in [0.5, 0.6) is 0 Å². The van der Waals surface area contributed by atoms with Gasteiger partial charge in [0.2, 0.25) is 0 Å². The van der Waals surface area contributed by atoms with Gasteiger partial charge in [-0.05, 0) is 141 Å². The van der Waals surface area contributed by atoms with Gasteiger partial charge in [-0.15, -0.1) is 0 Å². The molecule has 0 saturated heterocycles. The molecule has 97 heavy (non-hydrogen) atoms. The van der Waals surface area contributed by atoms with Gasteiger partial charge in [0.15, 0.2) is 6.10 Å². The third kappa shape index (κ3) is 79.7. The van der Waals surface area contributed by atoms with Crippen LogP contribution in [0.25, 0.3) is 0 Å². The van der Waals surface area contributed by atoms with Crippen molar-refractivity contribution in [3.05, 3.63) is 194 Å². The summed E-state index contributed by atoms with van der Waals surface area (Å²) in [6, 6.07) is 0. The number of hydrogen-bond acceptors (Lipinski definition) is 8. The second-order valence-electron chi connectivity index (χ2n) is 25.1. The Kier molecular flexibility index (Phi) is 75.6. The first-order chi connectivity index (χ1) is 47.8. The molecule has 0 amide bonds. The predicted octanol–water partition coefficient (Wildman–Crippen LogP) is 26.4. The van der Waals surface area contributed by atoms with Gasteiger partial charge >= 0.3 is 19.8 Å². The Balaban J connectivity index is 3.91. The number of esters is 2. The van der Waals surface area contributed by atoms with Crippen LogP contribution in [0.4, 0.5) is 0 Å². The summed E-state index contributed by atoms with van der Waals surface area (Å²) in [6.07, 6.45) is 121. The van der Waals surface area contributed by atoms with Crippen LogP contribution in [0.2, 0.25) is 0 Å². The van der Waals surface area contributed by atoms with Gasteiger partial charge in [-0.25, -0.2) is 4.57 Å². The summed E-state index contributed by atoms with van der Waals surface area (Å²) >= 11 is 0. The first-order valence-corrected chi connectivity index (χ1v) is 40.4. The number of phosphoric ester groups is 1. The highest BCUT2D eigenvalue weighted by Crippen LogP contribution is 2.43. The van der Waals surface area contributed by atoms with E-state index in [1.165, 1.54) is 128 Å². The monoisotopic (exact) mass is 1360 g/mol. The van der Waals surface area contributed by atoms with Crippen molar-refractivity contribution in [2.24, 2.45) is 5.73 Å². The number of unbranched alkanes of at least 4 members (excludes halogenated alkanes) is 26. The molecule has 0 radical (unpaired) electrons. The third-order valence-electron chi connectivity index (χ3n) is 16.0. The zero-order chi connectivity index (χ0) is 70.0. The van der Waals surface area contributed by atoms with Gasteiger partial charge in [0.05, 0.1) is 13.2 Å². The largest absolute Gasteiger partial charge is 0.472 e. The molecule has 9 nitrogen and oxygen atoms in total. The van der Waals surface area contributed by atoms with Crippen LogP contribution in [0.1, 0.15) is 309 Å². The van der Waals surface area contributed by atoms with Crippen molar-refractivity contribution in [3.63, 3.8) is 0 Å². The molecular weight excluding hydrogens is 1220 g/mol. The summed E-state index contributed by atoms with van der Waals surface area (Å²) in [6.45, 7) is 3.51. The molecule has 10 heteroatoms. The van der Waals surface area contributed by atoms with Crippen LogP contribution in [0.15, 0.2) is 194 Å². The highest BCUT2D eigenvalue weighted by Gasteiger charge is 2.26. The van der Waals surface area contributed by atoms with Crippen LogP contribution >= 0.6 is 7.82 Å². The molecule has 0 aromatic heterocycles. The summed E-state index contributed by atoms with van der Waals surface area (Å²) in [7, 11) is -4.41. The number of ether oxygens (including phenoxy) is 2. The van der Waals surface area contributed by atoms with Crippen LogP contribution in [0.3, 0.4) is 0 Å². The fraction of sp³-hybridized carbons (Fsp3) is 0.609. The average molecular weight is 1360 g/mol. The van der Waals surface area contributed by atoms with Gasteiger partial charge in [0, 0.05) is 19.4 Å². The maximum absolute atomic E-state index is 12.8. The molecule has 0 spiro atoms. The van der Waals surface area contributed by atoms with E-state index in [9.17, 15) is 19.0 Å². The van der Waals surface area contributed by atoms with E-state index < -0.39 is 26.5 Å². The van der Waals surface area contributed by atoms with Crippen molar-refractivity contribution >= 4 is 19.8 Å². The van der Waals surface area contributed by atoms with Crippen molar-refractivity contribution in [2.75, 3.05) is 26.4 Å². The topological polar surface area (TPSA) is 134 Å². The lowest BCUT2D eigenvalue weighted by atomic mass is 10.0. The molecule has 548 valence electrons. The molecule has 0 bridgehead atoms. The number of carbonyl (C=O) groups excluding carboxylic acids is 2. The van der Waals surface area contributed by atoms with Gasteiger partial charge in [0.25, 0.3) is 0 Å². The van der Waals surface area contributed by atoms with E-state index in [1.807, 2.05) is 0 Å². The van der Waals surface area contributed by atoms with Gasteiger partial charge in [-0.2, -0.15) is 0 Å². The van der Waals surface area contributed by atoms with E-state index in [-0.39, 0.29) is 38.6 Å². The standard InChI is InChI=1S/C87H142NO8P/c1-3-5-7-9-11-13-15-17-19-21-23-25-27-29-31-33-35-37-39-41-42-44-45-47-49-51-53-55-57-59-61-63-65-67-69-71-73-75-77-79-86(89)93-83-85(84-95-97(91,92)94-82-81-88)96-87(90)80-78-76-74-72-70-68-66-64-62-60-58-56-54-52-50-48-46-43-40-38-36-34-32-30-28-26-24-22-20-18-16-14-12-10-8-6-4-2/h5-8,11-14,17-20,23-26,29-32,35-38,41-43,46,50,52,56,58,85H,3-4,9-10,15-16,21-22,27-28,33-34,39-40,44-45,47-49,51,53-55,57,59-84,88H2,1-2H3,(H,91,92)/b7-5-,8-6-,13-11-,14-12-,19-17-,20-18-,25-23-,26-24-,31-29-,32-30-,37-35-,38-36-,42-41-,46-43-,52-50-,58-56-. The number of allylic oxidation sites excluding steroid dienone is 32. The Morgan fingerprint density at radius 1 is 0.309 bits per heavy atom. The van der Waals surface area contributed by atoms with Gasteiger partial charge < -0.3 is 20.1 Å². The van der Waals surface area contributed by atoms with Crippen molar-refractivity contribution in [1.29, 1.82) is 0 Å². The number of phosphoric acid groups is 1. The molecule has 0 aromatic rings. The maximum Gasteiger partial charge on any atom is 0.472 e. The van der Waals surface area contributed by atoms with Crippen LogP contribution < -0.4 is 5.73 Å². The van der Waals surface area contributed by atoms with Crippen LogP contribution in [-0.4, -0.2) is 49.3 Å². The fourth-order valence-corrected chi connectivity index (χ4v) is 11.1. The summed E-state index contributed by atoms with van der Waals surface area (Å²) < 4.78 is 33.2. The fourth-order valence-electron chi connectivity index (χ4n) is 10.3. The van der Waals surface area contributed by atoms with Crippen LogP contribution in [0, 0.1) is 0 Å². The summed E-state index contributed by atoms with van der Waals surface area (Å²) in [5.74, 6) is -0.838. The SMILES string of the molecule is CC/C=C\C/C=C\C/C=C\C/C=C\C/C=C\C/C=C\C/C=C\C/C=C\C/C=C\CCCCCCCCCCCC(=O)OC(COC(=O)CCCCCCCCCCCCCCCCCCC/C=C\C/C=C\C/C=C\C/C=C\C/C=C\C/C=C\C/C=C\CC)COP(=O)(O)OCCN. The van der Waals surface area contributed by atoms with E-state index in [4.69, 9.17) is 24.3 Å². The summed E-state index contributed by atoms with van der Waals surface area (Å²) in [4.78, 5) is 35.5. The van der Waals surface area contributed by atoms with E-state index in [2.05, 4.69) is 208 Å². The second kappa shape index (κ2) is 79.8. The predicted molar refractivity (Wildman–Crippen MR) is 422 cm³/mol. The molecule has 0 aromatic carbocycles. The molecular formula is C87H142NO8P. The Labute approximate surface area is 596 Å². The lowest BCUT2D eigenvalue weighted by Gasteiger charge is -2.19. The number of rotatable bonds is 71. The molecule has 2 atom stereocenters. The zero-order valence-corrected chi connectivity index (χ0v) is 62.6. The molecule has 0 aliphatic carbocycles. The average Bonchev–Trinajstić information content (AvgIpc) is 2.17. The molecule has 0 heterocycles. The minimum atomic E-state index is -4.41.